The molecule has 0 amide bonds. The van der Waals surface area contributed by atoms with E-state index in [0.29, 0.717) is 17.8 Å². The second-order valence-electron chi connectivity index (χ2n) is 17.2. The molecule has 59 heavy (non-hydrogen) atoms. The average Bonchev–Trinajstić information content (AvgIpc) is 3.26. The molecular formula is C55H50BN3. The largest absolute Gasteiger partial charge is 0.311 e. The minimum Gasteiger partial charge on any atom is -0.311 e. The molecule has 288 valence electrons. The molecule has 8 aromatic rings. The Balaban J connectivity index is 1.20. The quantitative estimate of drug-likeness (QED) is 0.143. The summed E-state index contributed by atoms with van der Waals surface area (Å²) in [5.74, 6) is 1.37. The van der Waals surface area contributed by atoms with Crippen molar-refractivity contribution in [1.29, 1.82) is 0 Å². The van der Waals surface area contributed by atoms with E-state index in [2.05, 4.69) is 232 Å². The van der Waals surface area contributed by atoms with Gasteiger partial charge in [0, 0.05) is 51.2 Å². The van der Waals surface area contributed by atoms with Crippen LogP contribution in [0.1, 0.15) is 76.0 Å². The van der Waals surface area contributed by atoms with Crippen molar-refractivity contribution in [3.8, 4) is 0 Å². The van der Waals surface area contributed by atoms with Gasteiger partial charge in [0.25, 0.3) is 6.71 Å². The molecule has 2 heterocycles. The van der Waals surface area contributed by atoms with Crippen LogP contribution >= 0.6 is 0 Å². The van der Waals surface area contributed by atoms with Crippen molar-refractivity contribution < 1.29 is 0 Å². The van der Waals surface area contributed by atoms with E-state index in [4.69, 9.17) is 0 Å². The first-order valence-corrected chi connectivity index (χ1v) is 21.3. The molecule has 0 radical (unpaired) electrons. The molecule has 2 aliphatic heterocycles. The fourth-order valence-electron chi connectivity index (χ4n) is 9.35. The molecule has 0 aromatic heterocycles. The summed E-state index contributed by atoms with van der Waals surface area (Å²) >= 11 is 0. The Morgan fingerprint density at radius 2 is 0.847 bits per heavy atom. The third-order valence-corrected chi connectivity index (χ3v) is 12.6. The van der Waals surface area contributed by atoms with Gasteiger partial charge in [0.1, 0.15) is 0 Å². The van der Waals surface area contributed by atoms with Gasteiger partial charge in [-0.25, -0.2) is 0 Å². The molecular weight excluding hydrogens is 713 g/mol. The molecule has 0 atom stereocenters. The topological polar surface area (TPSA) is 9.72 Å². The highest BCUT2D eigenvalue weighted by atomic mass is 15.2. The van der Waals surface area contributed by atoms with Gasteiger partial charge < -0.3 is 14.7 Å². The van der Waals surface area contributed by atoms with E-state index in [0.717, 1.165) is 22.7 Å². The van der Waals surface area contributed by atoms with Crippen LogP contribution in [-0.4, -0.2) is 6.71 Å². The third-order valence-electron chi connectivity index (χ3n) is 12.6. The van der Waals surface area contributed by atoms with Crippen molar-refractivity contribution >= 4 is 85.1 Å². The lowest BCUT2D eigenvalue weighted by Gasteiger charge is -2.44. The molecule has 0 unspecified atom stereocenters. The van der Waals surface area contributed by atoms with E-state index in [1.165, 1.54) is 72.3 Å². The summed E-state index contributed by atoms with van der Waals surface area (Å²) < 4.78 is 0. The minimum absolute atomic E-state index is 0.0495. The SMILES string of the molecule is CC(C)c1ccc(N(c2ccc(C(C)C)cc2)c2ccc3c(c2)N(c2ccc(C(C)C)cc2)c2cccc4c2B3c2ccccc2N4c2ccc3ccccc3c2)cc1. The first-order valence-electron chi connectivity index (χ1n) is 21.3. The second-order valence-corrected chi connectivity index (χ2v) is 17.2. The van der Waals surface area contributed by atoms with Gasteiger partial charge in [-0.15, -0.1) is 0 Å². The first kappa shape index (κ1) is 36.8. The van der Waals surface area contributed by atoms with E-state index in [-0.39, 0.29) is 6.71 Å². The van der Waals surface area contributed by atoms with E-state index in [9.17, 15) is 0 Å². The fraction of sp³-hybridized carbons (Fsp3) is 0.164. The van der Waals surface area contributed by atoms with Gasteiger partial charge in [-0.2, -0.15) is 0 Å². The first-order chi connectivity index (χ1) is 28.7. The maximum atomic E-state index is 2.52. The van der Waals surface area contributed by atoms with Gasteiger partial charge in [-0.1, -0.05) is 139 Å². The summed E-state index contributed by atoms with van der Waals surface area (Å²) in [7, 11) is 0. The molecule has 0 N–H and O–H groups in total. The number of anilines is 9. The van der Waals surface area contributed by atoms with Crippen LogP contribution in [-0.2, 0) is 0 Å². The van der Waals surface area contributed by atoms with E-state index in [1.54, 1.807) is 0 Å². The molecule has 0 aliphatic carbocycles. The summed E-state index contributed by atoms with van der Waals surface area (Å²) in [5.41, 5.74) is 18.6. The number of hydrogen-bond acceptors (Lipinski definition) is 3. The Bertz CT molecular complexity index is 2770. The lowest BCUT2D eigenvalue weighted by molar-refractivity contribution is 0.866. The molecule has 10 rings (SSSR count). The Morgan fingerprint density at radius 3 is 1.46 bits per heavy atom. The lowest BCUT2D eigenvalue weighted by Crippen LogP contribution is -2.61. The van der Waals surface area contributed by atoms with E-state index >= 15 is 0 Å². The highest BCUT2D eigenvalue weighted by molar-refractivity contribution is 7.00. The molecule has 0 saturated heterocycles. The van der Waals surface area contributed by atoms with Gasteiger partial charge in [-0.3, -0.25) is 0 Å². The Kier molecular flexibility index (Phi) is 9.17. The van der Waals surface area contributed by atoms with Gasteiger partial charge in [0.05, 0.1) is 0 Å². The van der Waals surface area contributed by atoms with Crippen molar-refractivity contribution in [2.75, 3.05) is 14.7 Å². The Hall–Kier alpha value is -6.52. The molecule has 0 saturated carbocycles. The number of para-hydroxylation sites is 1. The number of rotatable bonds is 8. The van der Waals surface area contributed by atoms with Crippen molar-refractivity contribution in [3.63, 3.8) is 0 Å². The fourth-order valence-corrected chi connectivity index (χ4v) is 9.35. The molecule has 0 spiro atoms. The second kappa shape index (κ2) is 14.7. The maximum Gasteiger partial charge on any atom is 0.252 e. The number of fused-ring (bicyclic) bond motifs is 5. The Labute approximate surface area is 350 Å². The normalized spacial score (nSPS) is 12.9. The zero-order chi connectivity index (χ0) is 40.4. The van der Waals surface area contributed by atoms with Crippen LogP contribution < -0.4 is 31.1 Å². The van der Waals surface area contributed by atoms with Gasteiger partial charge in [0.15, 0.2) is 0 Å². The monoisotopic (exact) mass is 763 g/mol. The summed E-state index contributed by atoms with van der Waals surface area (Å²) in [6, 6.07) is 66.2. The molecule has 0 bridgehead atoms. The van der Waals surface area contributed by atoms with Crippen LogP contribution in [0.3, 0.4) is 0 Å². The van der Waals surface area contributed by atoms with Gasteiger partial charge >= 0.3 is 0 Å². The third kappa shape index (κ3) is 6.30. The minimum atomic E-state index is 0.0495. The van der Waals surface area contributed by atoms with Crippen LogP contribution in [0.2, 0.25) is 0 Å². The van der Waals surface area contributed by atoms with Crippen molar-refractivity contribution in [3.05, 3.63) is 193 Å². The molecule has 2 aliphatic rings. The summed E-state index contributed by atoms with van der Waals surface area (Å²) in [5, 5.41) is 2.48. The smallest absolute Gasteiger partial charge is 0.252 e. The highest BCUT2D eigenvalue weighted by Crippen LogP contribution is 2.46. The molecule has 3 nitrogen and oxygen atoms in total. The summed E-state index contributed by atoms with van der Waals surface area (Å²) in [6.45, 7) is 13.6. The van der Waals surface area contributed by atoms with Crippen molar-refractivity contribution in [1.82, 2.24) is 0 Å². The van der Waals surface area contributed by atoms with Crippen LogP contribution in [0.25, 0.3) is 10.8 Å². The van der Waals surface area contributed by atoms with Crippen LogP contribution in [0.4, 0.5) is 51.2 Å². The van der Waals surface area contributed by atoms with E-state index in [1.807, 2.05) is 0 Å². The zero-order valence-electron chi connectivity index (χ0n) is 34.9. The maximum absolute atomic E-state index is 2.52. The van der Waals surface area contributed by atoms with Crippen LogP contribution in [0.15, 0.2) is 176 Å². The van der Waals surface area contributed by atoms with Crippen LogP contribution in [0.5, 0.6) is 0 Å². The zero-order valence-corrected chi connectivity index (χ0v) is 34.9. The molecule has 4 heteroatoms. The lowest BCUT2D eigenvalue weighted by atomic mass is 9.33. The summed E-state index contributed by atoms with van der Waals surface area (Å²) in [6.07, 6.45) is 0. The van der Waals surface area contributed by atoms with Gasteiger partial charge in [-0.05, 0) is 140 Å². The molecule has 8 aromatic carbocycles. The van der Waals surface area contributed by atoms with Gasteiger partial charge in [0.2, 0.25) is 0 Å². The predicted octanol–water partition coefficient (Wildman–Crippen LogP) is 13.8. The summed E-state index contributed by atoms with van der Waals surface area (Å²) in [4.78, 5) is 7.43. The number of nitrogens with zero attached hydrogens (tertiary/aromatic N) is 3. The average molecular weight is 764 g/mol. The van der Waals surface area contributed by atoms with Crippen molar-refractivity contribution in [2.24, 2.45) is 0 Å². The Morgan fingerprint density at radius 1 is 0.373 bits per heavy atom. The molecule has 0 fully saturated rings. The predicted molar refractivity (Wildman–Crippen MR) is 255 cm³/mol. The van der Waals surface area contributed by atoms with Crippen molar-refractivity contribution in [2.45, 2.75) is 59.3 Å². The number of benzene rings is 8. The van der Waals surface area contributed by atoms with E-state index < -0.39 is 0 Å². The van der Waals surface area contributed by atoms with Crippen LogP contribution in [0, 0.1) is 0 Å². The standard InChI is InChI=1S/C55H50BN3/c1-36(2)39-18-25-44(26-19-39)57(45-27-20-40(21-28-45)37(3)4)48-32-33-50-54(35-48)58(46-29-22-41(23-30-46)38(5)6)52-16-11-17-53-55(52)56(50)49-14-9-10-15-51(49)59(53)47-31-24-42-12-7-8-13-43(42)34-47/h7-38H,1-6H3. The highest BCUT2D eigenvalue weighted by Gasteiger charge is 2.43. The number of hydrogen-bond donors (Lipinski definition) is 0.